The minimum Gasteiger partial charge on any atom is -0.324 e. The molecular formula is C17H29N. The molecule has 0 bridgehead atoms. The van der Waals surface area contributed by atoms with Gasteiger partial charge in [0.1, 0.15) is 0 Å². The van der Waals surface area contributed by atoms with Gasteiger partial charge in [-0.3, -0.25) is 0 Å². The lowest BCUT2D eigenvalue weighted by atomic mass is 9.84. The molecule has 102 valence electrons. The van der Waals surface area contributed by atoms with Gasteiger partial charge in [-0.2, -0.15) is 0 Å². The maximum absolute atomic E-state index is 6.49. The zero-order chi connectivity index (χ0) is 13.7. The molecule has 0 radical (unpaired) electrons. The third kappa shape index (κ3) is 3.14. The topological polar surface area (TPSA) is 26.0 Å². The van der Waals surface area contributed by atoms with Gasteiger partial charge in [0.05, 0.1) is 0 Å². The van der Waals surface area contributed by atoms with Gasteiger partial charge >= 0.3 is 0 Å². The van der Waals surface area contributed by atoms with Crippen LogP contribution in [-0.4, -0.2) is 0 Å². The number of hydrogen-bond acceptors (Lipinski definition) is 1. The summed E-state index contributed by atoms with van der Waals surface area (Å²) < 4.78 is 0. The molecule has 2 N–H and O–H groups in total. The van der Waals surface area contributed by atoms with Crippen LogP contribution in [0.15, 0.2) is 12.1 Å². The Morgan fingerprint density at radius 2 is 1.44 bits per heavy atom. The molecular weight excluding hydrogens is 218 g/mol. The smallest absolute Gasteiger partial charge is 0.0326 e. The maximum Gasteiger partial charge on any atom is 0.0326 e. The van der Waals surface area contributed by atoms with Crippen molar-refractivity contribution >= 4 is 0 Å². The molecule has 0 amide bonds. The second kappa shape index (κ2) is 6.94. The fraction of sp³-hybridized carbons (Fsp3) is 0.647. The summed E-state index contributed by atoms with van der Waals surface area (Å²) in [4.78, 5) is 0. The highest BCUT2D eigenvalue weighted by atomic mass is 14.7. The van der Waals surface area contributed by atoms with E-state index >= 15 is 0 Å². The molecule has 18 heavy (non-hydrogen) atoms. The van der Waals surface area contributed by atoms with Crippen LogP contribution in [0.5, 0.6) is 0 Å². The Morgan fingerprint density at radius 3 is 1.78 bits per heavy atom. The number of aryl methyl sites for hydroxylation is 3. The van der Waals surface area contributed by atoms with Gasteiger partial charge < -0.3 is 5.73 Å². The quantitative estimate of drug-likeness (QED) is 0.791. The van der Waals surface area contributed by atoms with Crippen LogP contribution in [0.25, 0.3) is 0 Å². The summed E-state index contributed by atoms with van der Waals surface area (Å²) in [7, 11) is 0. The first-order chi connectivity index (χ1) is 8.58. The normalized spacial score (nSPS) is 14.6. The molecule has 0 aromatic heterocycles. The number of nitrogens with two attached hydrogens (primary N) is 1. The molecule has 1 aromatic carbocycles. The largest absolute Gasteiger partial charge is 0.324 e. The summed E-state index contributed by atoms with van der Waals surface area (Å²) in [5.74, 6) is 0.549. The van der Waals surface area contributed by atoms with Crippen LogP contribution in [0, 0.1) is 5.92 Å². The predicted molar refractivity (Wildman–Crippen MR) is 81.0 cm³/mol. The van der Waals surface area contributed by atoms with Gasteiger partial charge in [-0.1, -0.05) is 53.2 Å². The highest BCUT2D eigenvalue weighted by Gasteiger charge is 2.19. The molecule has 0 saturated carbocycles. The van der Waals surface area contributed by atoms with Crippen molar-refractivity contribution < 1.29 is 0 Å². The van der Waals surface area contributed by atoms with Crippen LogP contribution >= 0.6 is 0 Å². The Morgan fingerprint density at radius 1 is 0.944 bits per heavy atom. The van der Waals surface area contributed by atoms with Gasteiger partial charge in [0.15, 0.2) is 0 Å². The summed E-state index contributed by atoms with van der Waals surface area (Å²) in [5.41, 5.74) is 12.3. The Kier molecular flexibility index (Phi) is 5.87. The van der Waals surface area contributed by atoms with Gasteiger partial charge in [0, 0.05) is 6.04 Å². The Bertz CT molecular complexity index is 356. The first kappa shape index (κ1) is 15.2. The van der Waals surface area contributed by atoms with Crippen molar-refractivity contribution in [3.05, 3.63) is 34.4 Å². The van der Waals surface area contributed by atoms with Crippen LogP contribution < -0.4 is 5.73 Å². The van der Waals surface area contributed by atoms with Crippen molar-refractivity contribution in [3.8, 4) is 0 Å². The Balaban J connectivity index is 3.30. The standard InChI is InChI=1S/C17H29N/c1-6-12(5)17(18)16-14(8-3)10-13(7-2)11-15(16)9-4/h10-12,17H,6-9,18H2,1-5H3. The van der Waals surface area contributed by atoms with Gasteiger partial charge in [0.2, 0.25) is 0 Å². The molecule has 1 rings (SSSR count). The van der Waals surface area contributed by atoms with Crippen LogP contribution in [0.2, 0.25) is 0 Å². The SMILES string of the molecule is CCc1cc(CC)c(C(N)C(C)CC)c(CC)c1. The van der Waals surface area contributed by atoms with E-state index < -0.39 is 0 Å². The van der Waals surface area contributed by atoms with Crippen LogP contribution in [0.4, 0.5) is 0 Å². The zero-order valence-corrected chi connectivity index (χ0v) is 12.7. The zero-order valence-electron chi connectivity index (χ0n) is 12.7. The summed E-state index contributed by atoms with van der Waals surface area (Å²) >= 11 is 0. The van der Waals surface area contributed by atoms with Crippen molar-refractivity contribution in [3.63, 3.8) is 0 Å². The molecule has 1 aromatic rings. The van der Waals surface area contributed by atoms with Gasteiger partial charge in [-0.05, 0) is 47.4 Å². The lowest BCUT2D eigenvalue weighted by molar-refractivity contribution is 0.452. The van der Waals surface area contributed by atoms with Gasteiger partial charge in [0.25, 0.3) is 0 Å². The van der Waals surface area contributed by atoms with E-state index in [2.05, 4.69) is 46.8 Å². The second-order valence-electron chi connectivity index (χ2n) is 5.30. The summed E-state index contributed by atoms with van der Waals surface area (Å²) in [5, 5.41) is 0. The van der Waals surface area contributed by atoms with Crippen molar-refractivity contribution in [1.82, 2.24) is 0 Å². The molecule has 0 spiro atoms. The van der Waals surface area contributed by atoms with Crippen molar-refractivity contribution in [1.29, 1.82) is 0 Å². The third-order valence-corrected chi connectivity index (χ3v) is 4.17. The van der Waals surface area contributed by atoms with Gasteiger partial charge in [-0.25, -0.2) is 0 Å². The summed E-state index contributed by atoms with van der Waals surface area (Å²) in [6.07, 6.45) is 4.42. The highest BCUT2D eigenvalue weighted by molar-refractivity contribution is 5.42. The minimum atomic E-state index is 0.186. The van der Waals surface area contributed by atoms with E-state index in [1.807, 2.05) is 0 Å². The molecule has 2 unspecified atom stereocenters. The molecule has 1 nitrogen and oxygen atoms in total. The van der Waals surface area contributed by atoms with E-state index in [9.17, 15) is 0 Å². The monoisotopic (exact) mass is 247 g/mol. The molecule has 0 aliphatic rings. The number of rotatable bonds is 6. The predicted octanol–water partition coefficient (Wildman–Crippen LogP) is 4.42. The lowest BCUT2D eigenvalue weighted by Gasteiger charge is -2.25. The summed E-state index contributed by atoms with van der Waals surface area (Å²) in [6, 6.07) is 4.90. The molecule has 0 heterocycles. The van der Waals surface area contributed by atoms with Crippen LogP contribution in [0.1, 0.15) is 69.3 Å². The van der Waals surface area contributed by atoms with E-state index in [1.54, 1.807) is 0 Å². The maximum atomic E-state index is 6.49. The Hall–Kier alpha value is -0.820. The first-order valence-electron chi connectivity index (χ1n) is 7.48. The molecule has 2 atom stereocenters. The third-order valence-electron chi connectivity index (χ3n) is 4.17. The minimum absolute atomic E-state index is 0.186. The fourth-order valence-electron chi connectivity index (χ4n) is 2.61. The van der Waals surface area contributed by atoms with Crippen molar-refractivity contribution in [2.45, 2.75) is 66.3 Å². The molecule has 0 fully saturated rings. The van der Waals surface area contributed by atoms with Crippen molar-refractivity contribution in [2.75, 3.05) is 0 Å². The van der Waals surface area contributed by atoms with E-state index in [4.69, 9.17) is 5.73 Å². The molecule has 0 aliphatic carbocycles. The van der Waals surface area contributed by atoms with Crippen molar-refractivity contribution in [2.24, 2.45) is 11.7 Å². The van der Waals surface area contributed by atoms with E-state index in [0.717, 1.165) is 25.7 Å². The number of benzene rings is 1. The van der Waals surface area contributed by atoms with E-state index in [0.29, 0.717) is 5.92 Å². The average Bonchev–Trinajstić information content (AvgIpc) is 2.43. The molecule has 0 saturated heterocycles. The Labute approximate surface area is 113 Å². The first-order valence-corrected chi connectivity index (χ1v) is 7.48. The fourth-order valence-corrected chi connectivity index (χ4v) is 2.61. The number of hydrogen-bond donors (Lipinski definition) is 1. The second-order valence-corrected chi connectivity index (χ2v) is 5.30. The van der Waals surface area contributed by atoms with Crippen LogP contribution in [-0.2, 0) is 19.3 Å². The lowest BCUT2D eigenvalue weighted by Crippen LogP contribution is -2.22. The van der Waals surface area contributed by atoms with E-state index in [1.165, 1.54) is 22.3 Å². The average molecular weight is 247 g/mol. The highest BCUT2D eigenvalue weighted by Crippen LogP contribution is 2.30. The molecule has 1 heteroatoms. The van der Waals surface area contributed by atoms with Gasteiger partial charge in [-0.15, -0.1) is 0 Å². The molecule has 0 aliphatic heterocycles. The van der Waals surface area contributed by atoms with Crippen LogP contribution in [0.3, 0.4) is 0 Å². The van der Waals surface area contributed by atoms with E-state index in [-0.39, 0.29) is 6.04 Å². The summed E-state index contributed by atoms with van der Waals surface area (Å²) in [6.45, 7) is 11.2.